The zero-order valence-electron chi connectivity index (χ0n) is 19.4. The van der Waals surface area contributed by atoms with E-state index in [0.29, 0.717) is 23.6 Å². The quantitative estimate of drug-likeness (QED) is 0.412. The zero-order valence-corrected chi connectivity index (χ0v) is 19.4. The normalized spacial score (nSPS) is 13.2. The molecule has 2 heterocycles. The number of hydrogen-bond acceptors (Lipinski definition) is 5. The number of methoxy groups -OCH3 is 2. The predicted octanol–water partition coefficient (Wildman–Crippen LogP) is 4.01. The molecular formula is C25H27N5O3. The maximum Gasteiger partial charge on any atom is 0.270 e. The third kappa shape index (κ3) is 3.33. The molecule has 170 valence electrons. The lowest BCUT2D eigenvalue weighted by atomic mass is 10.0. The van der Waals surface area contributed by atoms with Crippen molar-refractivity contribution >= 4 is 16.9 Å². The number of aryl methyl sites for hydroxylation is 1. The van der Waals surface area contributed by atoms with Crippen LogP contribution >= 0.6 is 0 Å². The predicted molar refractivity (Wildman–Crippen MR) is 126 cm³/mol. The maximum absolute atomic E-state index is 13.4. The van der Waals surface area contributed by atoms with Crippen molar-refractivity contribution in [2.24, 2.45) is 13.0 Å². The summed E-state index contributed by atoms with van der Waals surface area (Å²) in [4.78, 5) is 18.2. The number of benzene rings is 2. The Hall–Kier alpha value is -3.81. The largest absolute Gasteiger partial charge is 0.493 e. The summed E-state index contributed by atoms with van der Waals surface area (Å²) in [5, 5.41) is 10.6. The lowest BCUT2D eigenvalue weighted by Crippen LogP contribution is -2.34. The second-order valence-electron chi connectivity index (χ2n) is 8.68. The van der Waals surface area contributed by atoms with Gasteiger partial charge < -0.3 is 19.4 Å². The van der Waals surface area contributed by atoms with Crippen LogP contribution in [-0.4, -0.2) is 39.9 Å². The van der Waals surface area contributed by atoms with E-state index in [4.69, 9.17) is 14.5 Å². The van der Waals surface area contributed by atoms with Crippen LogP contribution in [-0.2, 0) is 13.5 Å². The van der Waals surface area contributed by atoms with E-state index in [-0.39, 0.29) is 17.9 Å². The summed E-state index contributed by atoms with van der Waals surface area (Å²) in [5.41, 5.74) is 6.09. The lowest BCUT2D eigenvalue weighted by molar-refractivity contribution is 0.0916. The average Bonchev–Trinajstić information content (AvgIpc) is 3.48. The summed E-state index contributed by atoms with van der Waals surface area (Å²) in [6, 6.07) is 11.6. The topological polar surface area (TPSA) is 94.1 Å². The average molecular weight is 446 g/mol. The fraction of sp³-hybridized carbons (Fsp3) is 0.320. The summed E-state index contributed by atoms with van der Waals surface area (Å²) in [7, 11) is 5.21. The van der Waals surface area contributed by atoms with Crippen LogP contribution in [0.2, 0.25) is 0 Å². The smallest absolute Gasteiger partial charge is 0.270 e. The second kappa shape index (κ2) is 7.95. The number of fused-ring (bicyclic) bond motifs is 4. The number of aromatic amines is 1. The van der Waals surface area contributed by atoms with Crippen molar-refractivity contribution in [1.82, 2.24) is 25.1 Å². The van der Waals surface area contributed by atoms with Gasteiger partial charge in [0.25, 0.3) is 5.91 Å². The minimum atomic E-state index is -0.252. The van der Waals surface area contributed by atoms with Gasteiger partial charge in [0.1, 0.15) is 11.5 Å². The molecule has 0 saturated heterocycles. The summed E-state index contributed by atoms with van der Waals surface area (Å²) in [6.07, 6.45) is 0.600. The van der Waals surface area contributed by atoms with Crippen molar-refractivity contribution in [2.45, 2.75) is 26.3 Å². The number of nitrogens with zero attached hydrogens (tertiary/aromatic N) is 3. The summed E-state index contributed by atoms with van der Waals surface area (Å²) in [6.45, 7) is 4.16. The Morgan fingerprint density at radius 1 is 1.15 bits per heavy atom. The van der Waals surface area contributed by atoms with Crippen molar-refractivity contribution in [2.75, 3.05) is 14.2 Å². The van der Waals surface area contributed by atoms with Gasteiger partial charge in [0.05, 0.1) is 37.0 Å². The Kier molecular flexibility index (Phi) is 5.08. The van der Waals surface area contributed by atoms with Gasteiger partial charge in [-0.2, -0.15) is 5.10 Å². The van der Waals surface area contributed by atoms with Crippen molar-refractivity contribution in [3.05, 3.63) is 59.0 Å². The standard InChI is InChI=1S/C25H27N5O3/c1-13(2)21(24-26-17-8-6-7-9-18(17)30(24)3)27-25(31)23-16-10-14-11-19(32-4)20(33-5)12-15(14)22(16)28-29-23/h6-9,11-13,21H,10H2,1-5H3,(H,27,31)(H,28,29). The highest BCUT2D eigenvalue weighted by Crippen LogP contribution is 2.42. The van der Waals surface area contributed by atoms with E-state index in [2.05, 4.69) is 29.4 Å². The van der Waals surface area contributed by atoms with Crippen LogP contribution in [0.25, 0.3) is 22.3 Å². The molecule has 0 saturated carbocycles. The van der Waals surface area contributed by atoms with Gasteiger partial charge in [0.15, 0.2) is 11.5 Å². The Bertz CT molecular complexity index is 1370. The molecule has 0 fully saturated rings. The lowest BCUT2D eigenvalue weighted by Gasteiger charge is -2.22. The highest BCUT2D eigenvalue weighted by Gasteiger charge is 2.31. The Morgan fingerprint density at radius 3 is 2.58 bits per heavy atom. The summed E-state index contributed by atoms with van der Waals surface area (Å²) < 4.78 is 12.9. The van der Waals surface area contributed by atoms with Crippen molar-refractivity contribution in [3.8, 4) is 22.8 Å². The first-order valence-electron chi connectivity index (χ1n) is 11.0. The molecule has 1 amide bonds. The van der Waals surface area contributed by atoms with Crippen molar-refractivity contribution in [1.29, 1.82) is 0 Å². The first-order chi connectivity index (χ1) is 15.9. The molecule has 1 aliphatic rings. The van der Waals surface area contributed by atoms with Gasteiger partial charge in [-0.05, 0) is 35.7 Å². The molecule has 4 aromatic rings. The first kappa shape index (κ1) is 21.1. The van der Waals surface area contributed by atoms with Crippen LogP contribution in [0.3, 0.4) is 0 Å². The molecule has 1 aliphatic carbocycles. The van der Waals surface area contributed by atoms with Crippen LogP contribution in [0.15, 0.2) is 36.4 Å². The molecule has 0 bridgehead atoms. The van der Waals surface area contributed by atoms with Crippen LogP contribution in [0, 0.1) is 5.92 Å². The number of amides is 1. The number of carbonyl (C=O) groups is 1. The minimum Gasteiger partial charge on any atom is -0.493 e. The number of aromatic nitrogens is 4. The second-order valence-corrected chi connectivity index (χ2v) is 8.68. The van der Waals surface area contributed by atoms with Gasteiger partial charge in [-0.15, -0.1) is 0 Å². The molecule has 8 nitrogen and oxygen atoms in total. The van der Waals surface area contributed by atoms with Gasteiger partial charge >= 0.3 is 0 Å². The van der Waals surface area contributed by atoms with Crippen molar-refractivity contribution < 1.29 is 14.3 Å². The third-order valence-electron chi connectivity index (χ3n) is 6.38. The maximum atomic E-state index is 13.4. The molecule has 0 spiro atoms. The number of imidazole rings is 1. The van der Waals surface area contributed by atoms with Gasteiger partial charge in [-0.1, -0.05) is 26.0 Å². The highest BCUT2D eigenvalue weighted by atomic mass is 16.5. The molecule has 2 N–H and O–H groups in total. The number of rotatable bonds is 6. The fourth-order valence-electron chi connectivity index (χ4n) is 4.61. The number of ether oxygens (including phenoxy) is 2. The number of para-hydroxylation sites is 2. The van der Waals surface area contributed by atoms with Gasteiger partial charge in [0, 0.05) is 24.6 Å². The molecule has 1 atom stereocenters. The Labute approximate surface area is 191 Å². The van der Waals surface area contributed by atoms with Gasteiger partial charge in [-0.25, -0.2) is 4.98 Å². The fourth-order valence-corrected chi connectivity index (χ4v) is 4.61. The first-order valence-corrected chi connectivity index (χ1v) is 11.0. The number of carbonyl (C=O) groups excluding carboxylic acids is 1. The Balaban J connectivity index is 1.47. The number of H-pyrrole nitrogens is 1. The minimum absolute atomic E-state index is 0.145. The molecule has 2 aromatic carbocycles. The van der Waals surface area contributed by atoms with E-state index in [0.717, 1.165) is 39.2 Å². The van der Waals surface area contributed by atoms with Crippen LogP contribution in [0.1, 0.15) is 47.3 Å². The zero-order chi connectivity index (χ0) is 23.3. The van der Waals surface area contributed by atoms with Crippen molar-refractivity contribution in [3.63, 3.8) is 0 Å². The number of hydrogen-bond donors (Lipinski definition) is 2. The van der Waals surface area contributed by atoms with Crippen LogP contribution in [0.4, 0.5) is 0 Å². The van der Waals surface area contributed by atoms with E-state index in [9.17, 15) is 4.79 Å². The number of nitrogens with one attached hydrogen (secondary N) is 2. The summed E-state index contributed by atoms with van der Waals surface area (Å²) >= 11 is 0. The third-order valence-corrected chi connectivity index (χ3v) is 6.38. The molecular weight excluding hydrogens is 418 g/mol. The van der Waals surface area contributed by atoms with E-state index < -0.39 is 0 Å². The van der Waals surface area contributed by atoms with E-state index in [1.807, 2.05) is 48.0 Å². The molecule has 5 rings (SSSR count). The molecule has 0 radical (unpaired) electrons. The molecule has 1 unspecified atom stereocenters. The summed E-state index contributed by atoms with van der Waals surface area (Å²) in [5.74, 6) is 2.08. The molecule has 0 aliphatic heterocycles. The van der Waals surface area contributed by atoms with E-state index in [1.165, 1.54) is 0 Å². The van der Waals surface area contributed by atoms with Gasteiger partial charge in [-0.3, -0.25) is 9.89 Å². The Morgan fingerprint density at radius 2 is 1.88 bits per heavy atom. The highest BCUT2D eigenvalue weighted by molar-refractivity contribution is 5.97. The van der Waals surface area contributed by atoms with Gasteiger partial charge in [0.2, 0.25) is 0 Å². The van der Waals surface area contributed by atoms with Crippen LogP contribution in [0.5, 0.6) is 11.5 Å². The molecule has 8 heteroatoms. The monoisotopic (exact) mass is 445 g/mol. The molecule has 2 aromatic heterocycles. The molecule has 33 heavy (non-hydrogen) atoms. The van der Waals surface area contributed by atoms with E-state index in [1.54, 1.807) is 14.2 Å². The SMILES string of the molecule is COc1cc2c(cc1OC)-c1n[nH]c(C(=O)NC(c3nc4ccccc4n3C)C(C)C)c1C2. The van der Waals surface area contributed by atoms with Crippen LogP contribution < -0.4 is 14.8 Å². The van der Waals surface area contributed by atoms with E-state index >= 15 is 0 Å².